The van der Waals surface area contributed by atoms with E-state index in [1.54, 1.807) is 13.8 Å². The molecule has 0 bridgehead atoms. The zero-order valence-electron chi connectivity index (χ0n) is 13.0. The van der Waals surface area contributed by atoms with Crippen LogP contribution in [0, 0.1) is 25.7 Å². The van der Waals surface area contributed by atoms with E-state index < -0.39 is 10.0 Å². The van der Waals surface area contributed by atoms with Crippen LogP contribution in [0.3, 0.4) is 0 Å². The largest absolute Gasteiger partial charge is 0.465 e. The summed E-state index contributed by atoms with van der Waals surface area (Å²) < 4.78 is 33.0. The van der Waals surface area contributed by atoms with Crippen LogP contribution in [0.5, 0.6) is 0 Å². The second kappa shape index (κ2) is 6.50. The average Bonchev–Trinajstić information content (AvgIpc) is 2.71. The van der Waals surface area contributed by atoms with Crippen molar-refractivity contribution in [1.29, 1.82) is 0 Å². The molecule has 120 valence electrons. The molecule has 2 rings (SSSR count). The molecular weight excluding hydrogens is 290 g/mol. The van der Waals surface area contributed by atoms with E-state index in [0.29, 0.717) is 35.5 Å². The lowest BCUT2D eigenvalue weighted by Crippen LogP contribution is -2.32. The molecule has 21 heavy (non-hydrogen) atoms. The van der Waals surface area contributed by atoms with Crippen molar-refractivity contribution in [2.75, 3.05) is 6.54 Å². The van der Waals surface area contributed by atoms with Gasteiger partial charge in [-0.2, -0.15) is 0 Å². The van der Waals surface area contributed by atoms with Crippen LogP contribution in [0.25, 0.3) is 0 Å². The van der Waals surface area contributed by atoms with Gasteiger partial charge in [-0.25, -0.2) is 13.1 Å². The van der Waals surface area contributed by atoms with E-state index in [1.807, 2.05) is 0 Å². The van der Waals surface area contributed by atoms with Crippen LogP contribution in [0.15, 0.2) is 9.31 Å². The molecule has 1 aromatic rings. The van der Waals surface area contributed by atoms with Gasteiger partial charge < -0.3 is 9.52 Å². The van der Waals surface area contributed by atoms with Gasteiger partial charge in [-0.3, -0.25) is 0 Å². The maximum Gasteiger partial charge on any atom is 0.244 e. The molecule has 1 aliphatic carbocycles. The molecule has 0 aromatic carbocycles. The highest BCUT2D eigenvalue weighted by Crippen LogP contribution is 2.29. The minimum Gasteiger partial charge on any atom is -0.465 e. The third-order valence-electron chi connectivity index (χ3n) is 4.36. The van der Waals surface area contributed by atoms with Gasteiger partial charge in [0.1, 0.15) is 16.4 Å². The number of hydrogen-bond donors (Lipinski definition) is 2. The van der Waals surface area contributed by atoms with Crippen molar-refractivity contribution >= 4 is 10.0 Å². The molecule has 0 amide bonds. The SMILES string of the molecule is Cc1oc(C)c(S(=O)(=O)NCC2CCCC(C)C2)c1CO. The Balaban J connectivity index is 2.12. The van der Waals surface area contributed by atoms with Crippen LogP contribution in [0.4, 0.5) is 0 Å². The average molecular weight is 315 g/mol. The van der Waals surface area contributed by atoms with Gasteiger partial charge in [-0.05, 0) is 38.5 Å². The van der Waals surface area contributed by atoms with Crippen LogP contribution < -0.4 is 4.72 Å². The maximum atomic E-state index is 12.5. The van der Waals surface area contributed by atoms with Gasteiger partial charge in [0.25, 0.3) is 0 Å². The fourth-order valence-corrected chi connectivity index (χ4v) is 4.84. The lowest BCUT2D eigenvalue weighted by Gasteiger charge is -2.26. The van der Waals surface area contributed by atoms with Crippen LogP contribution >= 0.6 is 0 Å². The first-order chi connectivity index (χ1) is 9.85. The predicted octanol–water partition coefficient (Wildman–Crippen LogP) is 2.49. The maximum absolute atomic E-state index is 12.5. The summed E-state index contributed by atoms with van der Waals surface area (Å²) in [6, 6.07) is 0. The van der Waals surface area contributed by atoms with Crippen LogP contribution in [0.1, 0.15) is 49.7 Å². The minimum atomic E-state index is -3.63. The number of aliphatic hydroxyl groups excluding tert-OH is 1. The zero-order valence-corrected chi connectivity index (χ0v) is 13.8. The highest BCUT2D eigenvalue weighted by Gasteiger charge is 2.28. The first kappa shape index (κ1) is 16.5. The second-order valence-corrected chi connectivity index (χ2v) is 7.87. The molecule has 2 atom stereocenters. The van der Waals surface area contributed by atoms with Gasteiger partial charge in [-0.15, -0.1) is 0 Å². The summed E-state index contributed by atoms with van der Waals surface area (Å²) in [5.74, 6) is 1.86. The van der Waals surface area contributed by atoms with Crippen LogP contribution in [-0.2, 0) is 16.6 Å². The normalized spacial score (nSPS) is 23.4. The van der Waals surface area contributed by atoms with Gasteiger partial charge in [0.2, 0.25) is 10.0 Å². The predicted molar refractivity (Wildman–Crippen MR) is 80.4 cm³/mol. The molecule has 0 spiro atoms. The van der Waals surface area contributed by atoms with E-state index in [-0.39, 0.29) is 11.5 Å². The number of rotatable bonds is 5. The number of nitrogens with one attached hydrogen (secondary N) is 1. The summed E-state index contributed by atoms with van der Waals surface area (Å²) in [6.45, 7) is 5.62. The Hall–Kier alpha value is -0.850. The summed E-state index contributed by atoms with van der Waals surface area (Å²) in [6.07, 6.45) is 4.54. The molecule has 6 heteroatoms. The Morgan fingerprint density at radius 1 is 1.29 bits per heavy atom. The quantitative estimate of drug-likeness (QED) is 0.875. The molecule has 1 aromatic heterocycles. The van der Waals surface area contributed by atoms with Gasteiger partial charge >= 0.3 is 0 Å². The van der Waals surface area contributed by atoms with E-state index in [9.17, 15) is 13.5 Å². The summed E-state index contributed by atoms with van der Waals surface area (Å²) in [5, 5.41) is 9.38. The molecule has 1 heterocycles. The topological polar surface area (TPSA) is 79.5 Å². The van der Waals surface area contributed by atoms with Gasteiger partial charge in [0, 0.05) is 12.1 Å². The first-order valence-electron chi connectivity index (χ1n) is 7.54. The summed E-state index contributed by atoms with van der Waals surface area (Å²) in [4.78, 5) is 0.103. The standard InChI is InChI=1S/C15H25NO4S/c1-10-5-4-6-13(7-10)8-16-21(18,19)15-12(3)20-11(2)14(15)9-17/h10,13,16-17H,4-9H2,1-3H3. The highest BCUT2D eigenvalue weighted by atomic mass is 32.2. The molecular formula is C15H25NO4S. The Morgan fingerprint density at radius 3 is 2.62 bits per heavy atom. The summed E-state index contributed by atoms with van der Waals surface area (Å²) in [5.41, 5.74) is 0.358. The van der Waals surface area contributed by atoms with Crippen molar-refractivity contribution in [2.24, 2.45) is 11.8 Å². The number of aliphatic hydroxyl groups is 1. The number of aryl methyl sites for hydroxylation is 2. The molecule has 1 saturated carbocycles. The number of sulfonamides is 1. The fourth-order valence-electron chi connectivity index (χ4n) is 3.29. The van der Waals surface area contributed by atoms with E-state index in [2.05, 4.69) is 11.6 Å². The molecule has 0 aliphatic heterocycles. The number of furan rings is 1. The monoisotopic (exact) mass is 315 g/mol. The molecule has 5 nitrogen and oxygen atoms in total. The molecule has 0 radical (unpaired) electrons. The third-order valence-corrected chi connectivity index (χ3v) is 5.98. The van der Waals surface area contributed by atoms with Crippen molar-refractivity contribution in [2.45, 2.75) is 58.0 Å². The van der Waals surface area contributed by atoms with E-state index >= 15 is 0 Å². The van der Waals surface area contributed by atoms with Crippen molar-refractivity contribution in [3.63, 3.8) is 0 Å². The van der Waals surface area contributed by atoms with Crippen LogP contribution in [0.2, 0.25) is 0 Å². The van der Waals surface area contributed by atoms with Crippen molar-refractivity contribution in [3.8, 4) is 0 Å². The minimum absolute atomic E-state index is 0.103. The van der Waals surface area contributed by atoms with E-state index in [1.165, 1.54) is 12.8 Å². The van der Waals surface area contributed by atoms with Crippen LogP contribution in [-0.4, -0.2) is 20.1 Å². The summed E-state index contributed by atoms with van der Waals surface area (Å²) in [7, 11) is -3.63. The van der Waals surface area contributed by atoms with Crippen molar-refractivity contribution in [1.82, 2.24) is 4.72 Å². The summed E-state index contributed by atoms with van der Waals surface area (Å²) >= 11 is 0. The molecule has 2 N–H and O–H groups in total. The molecule has 1 fully saturated rings. The Labute approximate surface area is 126 Å². The van der Waals surface area contributed by atoms with E-state index in [4.69, 9.17) is 4.42 Å². The molecule has 1 aliphatic rings. The second-order valence-electron chi connectivity index (χ2n) is 6.17. The first-order valence-corrected chi connectivity index (χ1v) is 9.02. The Kier molecular flexibility index (Phi) is 5.11. The Bertz CT molecular complexity index is 591. The zero-order chi connectivity index (χ0) is 15.6. The van der Waals surface area contributed by atoms with Gasteiger partial charge in [0.05, 0.1) is 6.61 Å². The molecule has 0 saturated heterocycles. The van der Waals surface area contributed by atoms with Gasteiger partial charge in [-0.1, -0.05) is 19.8 Å². The lowest BCUT2D eigenvalue weighted by molar-refractivity contribution is 0.276. The third kappa shape index (κ3) is 3.67. The van der Waals surface area contributed by atoms with Crippen molar-refractivity contribution in [3.05, 3.63) is 17.1 Å². The molecule has 2 unspecified atom stereocenters. The van der Waals surface area contributed by atoms with Gasteiger partial charge in [0.15, 0.2) is 0 Å². The highest BCUT2D eigenvalue weighted by molar-refractivity contribution is 7.89. The number of hydrogen-bond acceptors (Lipinski definition) is 4. The Morgan fingerprint density at radius 2 is 2.00 bits per heavy atom. The van der Waals surface area contributed by atoms with E-state index in [0.717, 1.165) is 12.8 Å². The lowest BCUT2D eigenvalue weighted by atomic mass is 9.83. The smallest absolute Gasteiger partial charge is 0.244 e. The van der Waals surface area contributed by atoms with Crippen molar-refractivity contribution < 1.29 is 17.9 Å². The fraction of sp³-hybridized carbons (Fsp3) is 0.733.